The van der Waals surface area contributed by atoms with Gasteiger partial charge in [0.1, 0.15) is 11.4 Å². The van der Waals surface area contributed by atoms with Crippen LogP contribution in [0.4, 0.5) is 0 Å². The standard InChI is InChI=1S/C90H154N3O7PS/c1-22-25-28-31-34-36-38-40-42-44-46-48-50-52-54-57-60-90(71-65-72(86(10,11)12)78(94)73(66-71)87(13,14)15,61-58-55-53-51-49-47-45-43-41-39-37-35-32-29-26-23-2)100-101(96)99-80-75(89(19,20)21)64-70(85(7,8)9)68-77(80)98-82-91-81(92-83(93-82)102-62-59-56-33-30-27-24-3)97-76-67-69(84(4,5)6)63-74(79(76)95)88(16,17)18/h63-68,94-95,101H,22-62H2,1-21H3. The van der Waals surface area contributed by atoms with Crippen LogP contribution in [0.15, 0.2) is 41.6 Å². The molecule has 0 fully saturated rings. The average Bonchev–Trinajstić information content (AvgIpc) is 0.681. The highest BCUT2D eigenvalue weighted by Gasteiger charge is 2.40. The van der Waals surface area contributed by atoms with Crippen LogP contribution in [0.2, 0.25) is 0 Å². The molecule has 4 aromatic rings. The van der Waals surface area contributed by atoms with E-state index in [-0.39, 0.29) is 34.3 Å². The number of phenols is 2. The molecule has 0 radical (unpaired) electrons. The van der Waals surface area contributed by atoms with Crippen LogP contribution in [-0.2, 0) is 47.2 Å². The number of phenolic OH excluding ortho intramolecular Hbond substituents is 2. The fourth-order valence-corrected chi connectivity index (χ4v) is 15.9. The Kier molecular flexibility index (Phi) is 40.1. The number of thioether (sulfide) groups is 1. The van der Waals surface area contributed by atoms with Gasteiger partial charge in [0.25, 0.3) is 0 Å². The summed E-state index contributed by atoms with van der Waals surface area (Å²) >= 11 is 1.53. The van der Waals surface area contributed by atoms with Gasteiger partial charge in [0.05, 0.1) is 0 Å². The molecular formula is C90H154N3O7PS. The monoisotopic (exact) mass is 1450 g/mol. The third-order valence-corrected chi connectivity index (χ3v) is 22.6. The van der Waals surface area contributed by atoms with E-state index < -0.39 is 35.5 Å². The van der Waals surface area contributed by atoms with Gasteiger partial charge >= 0.3 is 20.3 Å². The molecule has 0 saturated carbocycles. The maximum absolute atomic E-state index is 16.1. The fourth-order valence-electron chi connectivity index (χ4n) is 14.0. The molecule has 10 nitrogen and oxygen atoms in total. The van der Waals surface area contributed by atoms with E-state index in [2.05, 4.69) is 170 Å². The first-order valence-electron chi connectivity index (χ1n) is 41.7. The van der Waals surface area contributed by atoms with E-state index in [0.717, 1.165) is 96.1 Å². The topological polar surface area (TPSA) is 133 Å². The molecule has 0 aliphatic carbocycles. The molecule has 2 N–H and O–H groups in total. The van der Waals surface area contributed by atoms with E-state index >= 15 is 4.57 Å². The average molecular weight is 1450 g/mol. The second-order valence-electron chi connectivity index (χ2n) is 36.7. The van der Waals surface area contributed by atoms with Crippen molar-refractivity contribution in [1.29, 1.82) is 0 Å². The molecule has 0 amide bonds. The maximum atomic E-state index is 16.1. The number of unbranched alkanes of at least 4 members (excludes halogenated alkanes) is 35. The quantitative estimate of drug-likeness (QED) is 0.0249. The normalized spacial score (nSPS) is 13.1. The Labute approximate surface area is 631 Å². The van der Waals surface area contributed by atoms with Crippen molar-refractivity contribution in [1.82, 2.24) is 15.0 Å². The van der Waals surface area contributed by atoms with Crippen LogP contribution in [-0.4, -0.2) is 30.9 Å². The molecule has 1 aromatic heterocycles. The van der Waals surface area contributed by atoms with Gasteiger partial charge in [0.15, 0.2) is 28.2 Å². The SMILES string of the molecule is CCCCCCCCCCCCCCCCCCC(CCCCCCCCCCCCCCCCCC)(O[PH](=O)Oc1c(Oc2nc(Oc3cc(C(C)(C)C)cc(C(C)(C)C)c3O)nc(SCCCCCCCC)n2)cc(C(C)(C)C)cc1C(C)(C)C)c1cc(C(C)(C)C)c(O)c(C(C)(C)C)c1. The van der Waals surface area contributed by atoms with Gasteiger partial charge < -0.3 is 24.2 Å². The minimum absolute atomic E-state index is 0.0137. The molecular weight excluding hydrogens is 1300 g/mol. The first-order chi connectivity index (χ1) is 48.0. The highest BCUT2D eigenvalue weighted by atomic mass is 32.2. The summed E-state index contributed by atoms with van der Waals surface area (Å²) in [6.45, 7) is 45.6. The summed E-state index contributed by atoms with van der Waals surface area (Å²) in [5, 5.41) is 24.8. The summed E-state index contributed by atoms with van der Waals surface area (Å²) < 4.78 is 44.4. The zero-order valence-electron chi connectivity index (χ0n) is 69.6. The highest BCUT2D eigenvalue weighted by molar-refractivity contribution is 7.99. The molecule has 1 unspecified atom stereocenters. The number of aromatic hydroxyl groups is 2. The van der Waals surface area contributed by atoms with Crippen molar-refractivity contribution >= 4 is 20.0 Å². The van der Waals surface area contributed by atoms with Crippen molar-refractivity contribution in [2.75, 3.05) is 5.75 Å². The Balaban J connectivity index is 1.84. The van der Waals surface area contributed by atoms with Crippen LogP contribution in [0.1, 0.15) is 441 Å². The van der Waals surface area contributed by atoms with E-state index in [4.69, 9.17) is 33.5 Å². The number of hydrogen-bond acceptors (Lipinski definition) is 11. The van der Waals surface area contributed by atoms with Crippen molar-refractivity contribution in [2.24, 2.45) is 0 Å². The van der Waals surface area contributed by atoms with Gasteiger partial charge in [-0.1, -0.05) is 407 Å². The predicted molar refractivity (Wildman–Crippen MR) is 440 cm³/mol. The first-order valence-corrected chi connectivity index (χ1v) is 43.9. The van der Waals surface area contributed by atoms with E-state index in [1.54, 1.807) is 0 Å². The molecule has 1 atom stereocenters. The van der Waals surface area contributed by atoms with E-state index in [9.17, 15) is 10.2 Å². The lowest BCUT2D eigenvalue weighted by atomic mass is 9.74. The van der Waals surface area contributed by atoms with Crippen LogP contribution in [0, 0.1) is 0 Å². The summed E-state index contributed by atoms with van der Waals surface area (Å²) in [6, 6.07) is 12.4. The van der Waals surface area contributed by atoms with Crippen LogP contribution >= 0.6 is 20.0 Å². The van der Waals surface area contributed by atoms with Crippen LogP contribution in [0.25, 0.3) is 0 Å². The molecule has 1 heterocycles. The lowest BCUT2D eigenvalue weighted by molar-refractivity contribution is 0.0390. The minimum Gasteiger partial charge on any atom is -0.507 e. The zero-order valence-corrected chi connectivity index (χ0v) is 71.5. The summed E-state index contributed by atoms with van der Waals surface area (Å²) in [4.78, 5) is 14.8. The molecule has 0 saturated heterocycles. The zero-order chi connectivity index (χ0) is 75.6. The van der Waals surface area contributed by atoms with Crippen LogP contribution in [0.3, 0.4) is 0 Å². The molecule has 0 aliphatic heterocycles. The Morgan fingerprint density at radius 1 is 0.343 bits per heavy atom. The Bertz CT molecular complexity index is 2950. The van der Waals surface area contributed by atoms with Gasteiger partial charge in [-0.05, 0) is 104 Å². The van der Waals surface area contributed by atoms with Gasteiger partial charge in [0.2, 0.25) is 0 Å². The third-order valence-electron chi connectivity index (χ3n) is 20.8. The van der Waals surface area contributed by atoms with Crippen molar-refractivity contribution in [3.63, 3.8) is 0 Å². The Morgan fingerprint density at radius 3 is 0.980 bits per heavy atom. The van der Waals surface area contributed by atoms with Gasteiger partial charge in [0, 0.05) is 16.9 Å². The molecule has 582 valence electrons. The maximum Gasteiger partial charge on any atom is 0.368 e. The predicted octanol–water partition coefficient (Wildman–Crippen LogP) is 30.1. The van der Waals surface area contributed by atoms with Gasteiger partial charge in [-0.15, -0.1) is 4.98 Å². The van der Waals surface area contributed by atoms with E-state index in [0.29, 0.717) is 35.2 Å². The van der Waals surface area contributed by atoms with Crippen LogP contribution in [0.5, 0.6) is 40.8 Å². The highest BCUT2D eigenvalue weighted by Crippen LogP contribution is 2.53. The second kappa shape index (κ2) is 45.1. The number of aromatic nitrogens is 3. The molecule has 0 aliphatic rings. The first kappa shape index (κ1) is 90.6. The number of rotatable bonds is 51. The van der Waals surface area contributed by atoms with E-state index in [1.165, 1.54) is 204 Å². The number of nitrogens with zero attached hydrogens (tertiary/aromatic N) is 3. The molecule has 4 rings (SSSR count). The van der Waals surface area contributed by atoms with Gasteiger partial charge in [-0.3, -0.25) is 4.52 Å². The third kappa shape index (κ3) is 33.1. The summed E-state index contributed by atoms with van der Waals surface area (Å²) in [5.41, 5.74) is 2.89. The van der Waals surface area contributed by atoms with Crippen molar-refractivity contribution in [3.8, 4) is 40.8 Å². The van der Waals surface area contributed by atoms with Gasteiger partial charge in [-0.2, -0.15) is 9.97 Å². The number of ether oxygens (including phenoxy) is 2. The van der Waals surface area contributed by atoms with Crippen molar-refractivity contribution < 1.29 is 33.3 Å². The van der Waals surface area contributed by atoms with Crippen molar-refractivity contribution in [3.05, 3.63) is 75.3 Å². The summed E-state index contributed by atoms with van der Waals surface area (Å²) in [6.07, 6.45) is 49.1. The van der Waals surface area contributed by atoms with E-state index in [1.807, 2.05) is 12.1 Å². The smallest absolute Gasteiger partial charge is 0.368 e. The largest absolute Gasteiger partial charge is 0.507 e. The van der Waals surface area contributed by atoms with Crippen LogP contribution < -0.4 is 14.0 Å². The lowest BCUT2D eigenvalue weighted by Crippen LogP contribution is -2.30. The summed E-state index contributed by atoms with van der Waals surface area (Å²) in [7, 11) is -3.45. The molecule has 0 bridgehead atoms. The molecule has 102 heavy (non-hydrogen) atoms. The molecule has 3 aromatic carbocycles. The summed E-state index contributed by atoms with van der Waals surface area (Å²) in [5.74, 6) is 2.00. The molecule has 12 heteroatoms. The second-order valence-corrected chi connectivity index (χ2v) is 38.7. The Morgan fingerprint density at radius 2 is 0.637 bits per heavy atom. The lowest BCUT2D eigenvalue weighted by Gasteiger charge is -2.37. The number of benzene rings is 3. The Hall–Kier alpha value is -3.79. The minimum atomic E-state index is -3.45. The van der Waals surface area contributed by atoms with Crippen molar-refractivity contribution in [2.45, 2.75) is 445 Å². The number of hydrogen-bond donors (Lipinski definition) is 2. The molecule has 0 spiro atoms. The van der Waals surface area contributed by atoms with Gasteiger partial charge in [-0.25, -0.2) is 4.57 Å². The fraction of sp³-hybridized carbons (Fsp3) is 0.767.